The Kier molecular flexibility index (Phi) is 2.59. The Balaban J connectivity index is 2.02. The molecule has 0 radical (unpaired) electrons. The molecule has 2 aromatic heterocycles. The minimum absolute atomic E-state index is 0.340. The van der Waals surface area contributed by atoms with E-state index < -0.39 is 0 Å². The van der Waals surface area contributed by atoms with Crippen LogP contribution < -0.4 is 5.73 Å². The first-order chi connectivity index (χ1) is 8.25. The summed E-state index contributed by atoms with van der Waals surface area (Å²) in [5.74, 6) is 1.68. The van der Waals surface area contributed by atoms with E-state index in [0.717, 1.165) is 23.9 Å². The van der Waals surface area contributed by atoms with Gasteiger partial charge in [0, 0.05) is 25.2 Å². The van der Waals surface area contributed by atoms with Crippen LogP contribution in [0.4, 0.5) is 0 Å². The van der Waals surface area contributed by atoms with Gasteiger partial charge in [-0.1, -0.05) is 6.42 Å². The van der Waals surface area contributed by atoms with Crippen molar-refractivity contribution in [3.63, 3.8) is 0 Å². The lowest BCUT2D eigenvalue weighted by Crippen LogP contribution is -2.27. The number of hydrogen-bond donors (Lipinski definition) is 1. The molecule has 2 atom stereocenters. The SMILES string of the molecule is Cn1c(C2CCCC(N)C2)nc2cnccc21. The highest BCUT2D eigenvalue weighted by molar-refractivity contribution is 5.74. The second kappa shape index (κ2) is 4.11. The molecule has 2 unspecified atom stereocenters. The number of nitrogens with zero attached hydrogens (tertiary/aromatic N) is 3. The van der Waals surface area contributed by atoms with Crippen LogP contribution in [-0.2, 0) is 7.05 Å². The fourth-order valence-electron chi connectivity index (χ4n) is 2.90. The Morgan fingerprint density at radius 2 is 2.29 bits per heavy atom. The third kappa shape index (κ3) is 1.82. The van der Waals surface area contributed by atoms with Crippen molar-refractivity contribution in [2.45, 2.75) is 37.6 Å². The van der Waals surface area contributed by atoms with Crippen LogP contribution in [0.25, 0.3) is 11.0 Å². The molecule has 3 rings (SSSR count). The van der Waals surface area contributed by atoms with Gasteiger partial charge in [0.2, 0.25) is 0 Å². The van der Waals surface area contributed by atoms with E-state index in [1.807, 2.05) is 18.5 Å². The first kappa shape index (κ1) is 10.7. The van der Waals surface area contributed by atoms with E-state index in [1.165, 1.54) is 18.7 Å². The van der Waals surface area contributed by atoms with Crippen LogP contribution in [0.3, 0.4) is 0 Å². The summed E-state index contributed by atoms with van der Waals surface area (Å²) in [5, 5.41) is 0. The largest absolute Gasteiger partial charge is 0.331 e. The predicted octanol–water partition coefficient (Wildman–Crippen LogP) is 1.95. The van der Waals surface area contributed by atoms with Gasteiger partial charge in [0.1, 0.15) is 11.3 Å². The molecule has 1 aliphatic rings. The van der Waals surface area contributed by atoms with Crippen LogP contribution in [0.1, 0.15) is 37.4 Å². The molecule has 90 valence electrons. The molecule has 17 heavy (non-hydrogen) atoms. The van der Waals surface area contributed by atoms with Crippen LogP contribution in [0.15, 0.2) is 18.5 Å². The molecule has 1 aliphatic carbocycles. The fraction of sp³-hybridized carbons (Fsp3) is 0.538. The summed E-state index contributed by atoms with van der Waals surface area (Å²) in [5.41, 5.74) is 8.21. The average Bonchev–Trinajstić information content (AvgIpc) is 2.68. The maximum Gasteiger partial charge on any atom is 0.112 e. The van der Waals surface area contributed by atoms with Gasteiger partial charge in [0.05, 0.1) is 11.7 Å². The minimum Gasteiger partial charge on any atom is -0.331 e. The van der Waals surface area contributed by atoms with Gasteiger partial charge in [-0.2, -0.15) is 0 Å². The number of hydrogen-bond acceptors (Lipinski definition) is 3. The van der Waals surface area contributed by atoms with E-state index in [2.05, 4.69) is 16.6 Å². The van der Waals surface area contributed by atoms with Crippen molar-refractivity contribution in [1.29, 1.82) is 0 Å². The molecule has 1 fully saturated rings. The zero-order valence-electron chi connectivity index (χ0n) is 10.1. The van der Waals surface area contributed by atoms with Crippen molar-refractivity contribution < 1.29 is 0 Å². The Morgan fingerprint density at radius 3 is 3.06 bits per heavy atom. The molecule has 4 heteroatoms. The lowest BCUT2D eigenvalue weighted by molar-refractivity contribution is 0.378. The molecule has 0 amide bonds. The smallest absolute Gasteiger partial charge is 0.112 e. The molecule has 0 bridgehead atoms. The Hall–Kier alpha value is -1.42. The van der Waals surface area contributed by atoms with Crippen LogP contribution in [-0.4, -0.2) is 20.6 Å². The van der Waals surface area contributed by atoms with Gasteiger partial charge in [-0.3, -0.25) is 4.98 Å². The maximum atomic E-state index is 6.06. The predicted molar refractivity (Wildman–Crippen MR) is 67.7 cm³/mol. The highest BCUT2D eigenvalue weighted by atomic mass is 15.1. The van der Waals surface area contributed by atoms with E-state index in [-0.39, 0.29) is 0 Å². The molecule has 1 saturated carbocycles. The molecule has 2 aromatic rings. The van der Waals surface area contributed by atoms with E-state index >= 15 is 0 Å². The number of nitrogens with two attached hydrogens (primary N) is 1. The Morgan fingerprint density at radius 1 is 1.41 bits per heavy atom. The van der Waals surface area contributed by atoms with Crippen LogP contribution in [0.5, 0.6) is 0 Å². The second-order valence-electron chi connectivity index (χ2n) is 5.02. The lowest BCUT2D eigenvalue weighted by atomic mass is 9.85. The Bertz CT molecular complexity index is 531. The van der Waals surface area contributed by atoms with E-state index in [4.69, 9.17) is 10.7 Å². The first-order valence-corrected chi connectivity index (χ1v) is 6.27. The minimum atomic E-state index is 0.340. The fourth-order valence-corrected chi connectivity index (χ4v) is 2.90. The number of imidazole rings is 1. The summed E-state index contributed by atoms with van der Waals surface area (Å²) in [7, 11) is 2.09. The monoisotopic (exact) mass is 230 g/mol. The molecule has 0 saturated heterocycles. The lowest BCUT2D eigenvalue weighted by Gasteiger charge is -2.26. The van der Waals surface area contributed by atoms with Crippen LogP contribution >= 0.6 is 0 Å². The normalized spacial score (nSPS) is 25.3. The third-order valence-corrected chi connectivity index (χ3v) is 3.80. The molecule has 0 aromatic carbocycles. The standard InChI is InChI=1S/C13H18N4/c1-17-12-5-6-15-8-11(12)16-13(17)9-3-2-4-10(14)7-9/h5-6,8-10H,2-4,7,14H2,1H3. The molecule has 2 heterocycles. The summed E-state index contributed by atoms with van der Waals surface area (Å²) < 4.78 is 2.19. The van der Waals surface area contributed by atoms with Crippen molar-refractivity contribution in [3.05, 3.63) is 24.3 Å². The molecule has 0 spiro atoms. The quantitative estimate of drug-likeness (QED) is 0.814. The second-order valence-corrected chi connectivity index (χ2v) is 5.02. The van der Waals surface area contributed by atoms with Crippen LogP contribution in [0.2, 0.25) is 0 Å². The number of aryl methyl sites for hydroxylation is 1. The van der Waals surface area contributed by atoms with Gasteiger partial charge in [-0.25, -0.2) is 4.98 Å². The zero-order valence-corrected chi connectivity index (χ0v) is 10.1. The maximum absolute atomic E-state index is 6.06. The number of pyridine rings is 1. The summed E-state index contributed by atoms with van der Waals surface area (Å²) in [6.45, 7) is 0. The van der Waals surface area contributed by atoms with Crippen molar-refractivity contribution in [3.8, 4) is 0 Å². The van der Waals surface area contributed by atoms with Crippen LogP contribution in [0, 0.1) is 0 Å². The van der Waals surface area contributed by atoms with Gasteiger partial charge in [0.25, 0.3) is 0 Å². The van der Waals surface area contributed by atoms with E-state index in [1.54, 1.807) is 0 Å². The number of aromatic nitrogens is 3. The summed E-state index contributed by atoms with van der Waals surface area (Å²) in [6.07, 6.45) is 8.29. The molecular weight excluding hydrogens is 212 g/mol. The van der Waals surface area contributed by atoms with Crippen molar-refractivity contribution in [2.24, 2.45) is 12.8 Å². The molecule has 4 nitrogen and oxygen atoms in total. The van der Waals surface area contributed by atoms with Gasteiger partial charge in [0.15, 0.2) is 0 Å². The van der Waals surface area contributed by atoms with E-state index in [9.17, 15) is 0 Å². The summed E-state index contributed by atoms with van der Waals surface area (Å²) >= 11 is 0. The topological polar surface area (TPSA) is 56.7 Å². The molecular formula is C13H18N4. The molecule has 0 aliphatic heterocycles. The van der Waals surface area contributed by atoms with E-state index in [0.29, 0.717) is 12.0 Å². The number of fused-ring (bicyclic) bond motifs is 1. The third-order valence-electron chi connectivity index (χ3n) is 3.80. The van der Waals surface area contributed by atoms with Gasteiger partial charge < -0.3 is 10.3 Å². The summed E-state index contributed by atoms with van der Waals surface area (Å²) in [4.78, 5) is 8.84. The average molecular weight is 230 g/mol. The van der Waals surface area contributed by atoms with Crippen molar-refractivity contribution in [2.75, 3.05) is 0 Å². The zero-order chi connectivity index (χ0) is 11.8. The highest BCUT2D eigenvalue weighted by Gasteiger charge is 2.24. The van der Waals surface area contributed by atoms with Crippen molar-refractivity contribution in [1.82, 2.24) is 14.5 Å². The molecule has 2 N–H and O–H groups in total. The van der Waals surface area contributed by atoms with Crippen molar-refractivity contribution >= 4 is 11.0 Å². The van der Waals surface area contributed by atoms with Gasteiger partial charge in [-0.15, -0.1) is 0 Å². The Labute approximate surface area is 101 Å². The number of rotatable bonds is 1. The van der Waals surface area contributed by atoms with Gasteiger partial charge >= 0.3 is 0 Å². The highest BCUT2D eigenvalue weighted by Crippen LogP contribution is 2.32. The summed E-state index contributed by atoms with van der Waals surface area (Å²) in [6, 6.07) is 2.36. The first-order valence-electron chi connectivity index (χ1n) is 6.27. The van der Waals surface area contributed by atoms with Gasteiger partial charge in [-0.05, 0) is 25.3 Å².